The van der Waals surface area contributed by atoms with E-state index < -0.39 is 23.9 Å². The first-order valence-corrected chi connectivity index (χ1v) is 9.96. The van der Waals surface area contributed by atoms with Crippen LogP contribution in [0.4, 0.5) is 11.4 Å². The summed E-state index contributed by atoms with van der Waals surface area (Å²) in [6.45, 7) is 3.76. The SMILES string of the molecule is CCc1ccc(NC(=O)[C@H](C)OC(=O)[C@@H]2CC(=O)N(c3ccccc3OC)C2)cc1. The number of rotatable bonds is 7. The third-order valence-corrected chi connectivity index (χ3v) is 5.13. The summed E-state index contributed by atoms with van der Waals surface area (Å²) in [5.74, 6) is -1.25. The van der Waals surface area contributed by atoms with Crippen molar-refractivity contribution in [1.82, 2.24) is 0 Å². The van der Waals surface area contributed by atoms with Crippen LogP contribution in [0.1, 0.15) is 25.8 Å². The standard InChI is InChI=1S/C23H26N2O5/c1-4-16-9-11-18(12-10-16)24-22(27)15(2)30-23(28)17-13-21(26)25(14-17)19-7-5-6-8-20(19)29-3/h5-12,15,17H,4,13-14H2,1-3H3,(H,24,27)/t15-,17+/m0/s1. The topological polar surface area (TPSA) is 84.9 Å². The van der Waals surface area contributed by atoms with Crippen LogP contribution >= 0.6 is 0 Å². The quantitative estimate of drug-likeness (QED) is 0.709. The van der Waals surface area contributed by atoms with Gasteiger partial charge in [0, 0.05) is 18.7 Å². The van der Waals surface area contributed by atoms with Crippen LogP contribution in [0, 0.1) is 5.92 Å². The van der Waals surface area contributed by atoms with Crippen molar-refractivity contribution in [2.45, 2.75) is 32.8 Å². The Bertz CT molecular complexity index is 925. The van der Waals surface area contributed by atoms with Crippen molar-refractivity contribution in [2.75, 3.05) is 23.9 Å². The van der Waals surface area contributed by atoms with Crippen molar-refractivity contribution < 1.29 is 23.9 Å². The summed E-state index contributed by atoms with van der Waals surface area (Å²) in [4.78, 5) is 38.9. The molecule has 30 heavy (non-hydrogen) atoms. The maximum atomic E-state index is 12.6. The molecule has 0 radical (unpaired) electrons. The molecule has 158 valence electrons. The molecule has 1 saturated heterocycles. The average Bonchev–Trinajstić information content (AvgIpc) is 3.15. The van der Waals surface area contributed by atoms with Gasteiger partial charge in [-0.15, -0.1) is 0 Å². The van der Waals surface area contributed by atoms with E-state index in [0.717, 1.165) is 12.0 Å². The number of carbonyl (C=O) groups excluding carboxylic acids is 3. The number of amides is 2. The summed E-state index contributed by atoms with van der Waals surface area (Å²) in [5.41, 5.74) is 2.41. The van der Waals surface area contributed by atoms with Gasteiger partial charge in [0.2, 0.25) is 5.91 Å². The van der Waals surface area contributed by atoms with Gasteiger partial charge in [-0.3, -0.25) is 14.4 Å². The molecule has 1 N–H and O–H groups in total. The highest BCUT2D eigenvalue weighted by Gasteiger charge is 2.38. The van der Waals surface area contributed by atoms with E-state index in [0.29, 0.717) is 17.1 Å². The number of carbonyl (C=O) groups is 3. The largest absolute Gasteiger partial charge is 0.495 e. The summed E-state index contributed by atoms with van der Waals surface area (Å²) < 4.78 is 10.6. The van der Waals surface area contributed by atoms with Crippen molar-refractivity contribution in [2.24, 2.45) is 5.92 Å². The fourth-order valence-corrected chi connectivity index (χ4v) is 3.34. The van der Waals surface area contributed by atoms with Gasteiger partial charge in [-0.1, -0.05) is 31.2 Å². The summed E-state index contributed by atoms with van der Waals surface area (Å²) in [5, 5.41) is 2.74. The number of para-hydroxylation sites is 2. The number of hydrogen-bond donors (Lipinski definition) is 1. The minimum atomic E-state index is -0.973. The number of hydrogen-bond acceptors (Lipinski definition) is 5. The van der Waals surface area contributed by atoms with Crippen LogP contribution in [0.15, 0.2) is 48.5 Å². The second-order valence-corrected chi connectivity index (χ2v) is 7.20. The minimum absolute atomic E-state index is 0.0314. The van der Waals surface area contributed by atoms with Gasteiger partial charge in [0.15, 0.2) is 6.10 Å². The lowest BCUT2D eigenvalue weighted by molar-refractivity contribution is -0.157. The van der Waals surface area contributed by atoms with Gasteiger partial charge in [0.25, 0.3) is 5.91 Å². The molecule has 1 fully saturated rings. The van der Waals surface area contributed by atoms with Gasteiger partial charge >= 0.3 is 5.97 Å². The molecule has 1 aliphatic rings. The number of esters is 1. The first-order valence-electron chi connectivity index (χ1n) is 9.96. The molecule has 3 rings (SSSR count). The Balaban J connectivity index is 1.58. The first-order chi connectivity index (χ1) is 14.4. The number of nitrogens with zero attached hydrogens (tertiary/aromatic N) is 1. The van der Waals surface area contributed by atoms with Crippen LogP contribution in [-0.4, -0.2) is 37.5 Å². The zero-order valence-corrected chi connectivity index (χ0v) is 17.4. The molecule has 2 aromatic carbocycles. The third kappa shape index (κ3) is 4.79. The van der Waals surface area contributed by atoms with E-state index in [9.17, 15) is 14.4 Å². The van der Waals surface area contributed by atoms with Gasteiger partial charge in [-0.2, -0.15) is 0 Å². The van der Waals surface area contributed by atoms with Crippen molar-refractivity contribution in [3.05, 3.63) is 54.1 Å². The van der Waals surface area contributed by atoms with E-state index in [4.69, 9.17) is 9.47 Å². The predicted octanol–water partition coefficient (Wildman–Crippen LogP) is 3.18. The van der Waals surface area contributed by atoms with Crippen LogP contribution < -0.4 is 15.0 Å². The maximum absolute atomic E-state index is 12.6. The molecule has 7 heteroatoms. The normalized spacial score (nSPS) is 16.8. The summed E-state index contributed by atoms with van der Waals surface area (Å²) in [7, 11) is 1.53. The predicted molar refractivity (Wildman–Crippen MR) is 113 cm³/mol. The molecule has 0 saturated carbocycles. The first kappa shape index (κ1) is 21.4. The fraction of sp³-hybridized carbons (Fsp3) is 0.348. The molecule has 0 bridgehead atoms. The maximum Gasteiger partial charge on any atom is 0.312 e. The van der Waals surface area contributed by atoms with Crippen molar-refractivity contribution in [3.8, 4) is 5.75 Å². The Morgan fingerprint density at radius 3 is 2.53 bits per heavy atom. The van der Waals surface area contributed by atoms with E-state index in [1.165, 1.54) is 18.9 Å². The van der Waals surface area contributed by atoms with E-state index in [1.807, 2.05) is 30.3 Å². The zero-order valence-electron chi connectivity index (χ0n) is 17.4. The van der Waals surface area contributed by atoms with Crippen LogP contribution in [-0.2, 0) is 25.5 Å². The number of anilines is 2. The smallest absolute Gasteiger partial charge is 0.312 e. The van der Waals surface area contributed by atoms with Crippen molar-refractivity contribution >= 4 is 29.2 Å². The van der Waals surface area contributed by atoms with Gasteiger partial charge in [-0.05, 0) is 43.2 Å². The molecule has 0 aliphatic carbocycles. The van der Waals surface area contributed by atoms with Gasteiger partial charge < -0.3 is 19.7 Å². The lowest BCUT2D eigenvalue weighted by Gasteiger charge is -2.20. The average molecular weight is 410 g/mol. The molecule has 2 amide bonds. The summed E-state index contributed by atoms with van der Waals surface area (Å²) in [6.07, 6.45) is -0.0310. The lowest BCUT2D eigenvalue weighted by atomic mass is 10.1. The van der Waals surface area contributed by atoms with Crippen molar-refractivity contribution in [3.63, 3.8) is 0 Å². The Kier molecular flexibility index (Phi) is 6.72. The highest BCUT2D eigenvalue weighted by atomic mass is 16.5. The van der Waals surface area contributed by atoms with E-state index in [1.54, 1.807) is 18.2 Å². The highest BCUT2D eigenvalue weighted by molar-refractivity contribution is 6.01. The Morgan fingerprint density at radius 1 is 1.17 bits per heavy atom. The molecule has 1 heterocycles. The molecular formula is C23H26N2O5. The summed E-state index contributed by atoms with van der Waals surface area (Å²) >= 11 is 0. The number of benzene rings is 2. The van der Waals surface area contributed by atoms with Gasteiger partial charge in [0.1, 0.15) is 5.75 Å². The van der Waals surface area contributed by atoms with E-state index >= 15 is 0 Å². The second-order valence-electron chi connectivity index (χ2n) is 7.20. The van der Waals surface area contributed by atoms with Gasteiger partial charge in [-0.25, -0.2) is 0 Å². The molecule has 0 spiro atoms. The number of ether oxygens (including phenoxy) is 2. The Morgan fingerprint density at radius 2 is 1.87 bits per heavy atom. The number of aryl methyl sites for hydroxylation is 1. The molecule has 7 nitrogen and oxygen atoms in total. The van der Waals surface area contributed by atoms with Crippen LogP contribution in [0.25, 0.3) is 0 Å². The number of nitrogens with one attached hydrogen (secondary N) is 1. The minimum Gasteiger partial charge on any atom is -0.495 e. The molecular weight excluding hydrogens is 384 g/mol. The Labute approximate surface area is 176 Å². The van der Waals surface area contributed by atoms with Crippen molar-refractivity contribution in [1.29, 1.82) is 0 Å². The molecule has 2 aromatic rings. The highest BCUT2D eigenvalue weighted by Crippen LogP contribution is 2.33. The van der Waals surface area contributed by atoms with Crippen LogP contribution in [0.2, 0.25) is 0 Å². The Hall–Kier alpha value is -3.35. The lowest BCUT2D eigenvalue weighted by Crippen LogP contribution is -2.33. The monoisotopic (exact) mass is 410 g/mol. The number of methoxy groups -OCH3 is 1. The molecule has 0 unspecified atom stereocenters. The molecule has 1 aliphatic heterocycles. The molecule has 0 aromatic heterocycles. The summed E-state index contributed by atoms with van der Waals surface area (Å²) in [6, 6.07) is 14.6. The van der Waals surface area contributed by atoms with Crippen LogP contribution in [0.3, 0.4) is 0 Å². The van der Waals surface area contributed by atoms with Gasteiger partial charge in [0.05, 0.1) is 18.7 Å². The van der Waals surface area contributed by atoms with Crippen LogP contribution in [0.5, 0.6) is 5.75 Å². The molecule has 2 atom stereocenters. The second kappa shape index (κ2) is 9.43. The third-order valence-electron chi connectivity index (χ3n) is 5.13. The fourth-order valence-electron chi connectivity index (χ4n) is 3.34. The zero-order chi connectivity index (χ0) is 21.7. The van der Waals surface area contributed by atoms with E-state index in [2.05, 4.69) is 12.2 Å². The van der Waals surface area contributed by atoms with E-state index in [-0.39, 0.29) is 18.9 Å².